The quantitative estimate of drug-likeness (QED) is 0.0866. The van der Waals surface area contributed by atoms with Gasteiger partial charge in [0.15, 0.2) is 11.0 Å². The Hall–Kier alpha value is -4.20. The van der Waals surface area contributed by atoms with Crippen LogP contribution in [0.15, 0.2) is 69.9 Å². The van der Waals surface area contributed by atoms with E-state index in [-0.39, 0.29) is 29.3 Å². The van der Waals surface area contributed by atoms with Crippen LogP contribution in [-0.2, 0) is 36.8 Å². The normalized spacial score (nSPS) is 12.8. The zero-order chi connectivity index (χ0) is 33.1. The maximum absolute atomic E-state index is 15.5. The first-order valence-electron chi connectivity index (χ1n) is 14.1. The van der Waals surface area contributed by atoms with E-state index in [4.69, 9.17) is 29.9 Å². The minimum atomic E-state index is -5.19. The molecule has 0 fully saturated rings. The highest BCUT2D eigenvalue weighted by Gasteiger charge is 2.57. The average Bonchev–Trinajstić information content (AvgIpc) is 3.68. The van der Waals surface area contributed by atoms with Gasteiger partial charge in [0.2, 0.25) is 18.2 Å². The summed E-state index contributed by atoms with van der Waals surface area (Å²) in [7, 11) is -5.19. The molecule has 2 aromatic heterocycles. The summed E-state index contributed by atoms with van der Waals surface area (Å²) in [6.45, 7) is 9.44. The van der Waals surface area contributed by atoms with Gasteiger partial charge in [0.25, 0.3) is 0 Å². The van der Waals surface area contributed by atoms with Crippen molar-refractivity contribution >= 4 is 41.7 Å². The number of carbonyl (C=O) groups is 4. The Morgan fingerprint density at radius 3 is 1.42 bits per heavy atom. The molecular weight excluding hydrogens is 619 g/mol. The molecule has 0 amide bonds. The van der Waals surface area contributed by atoms with E-state index < -0.39 is 47.8 Å². The third kappa shape index (κ3) is 7.05. The molecule has 236 valence electrons. The zero-order valence-corrected chi connectivity index (χ0v) is 27.5. The molecule has 9 nitrogen and oxygen atoms in total. The maximum Gasteiger partial charge on any atom is 0.325 e. The fourth-order valence-electron chi connectivity index (χ4n) is 5.53. The Balaban J connectivity index is 1.91. The Kier molecular flexibility index (Phi) is 10.4. The average molecular weight is 653 g/mol. The first kappa shape index (κ1) is 33.7. The Morgan fingerprint density at radius 1 is 0.689 bits per heavy atom. The summed E-state index contributed by atoms with van der Waals surface area (Å²) < 4.78 is 36.7. The van der Waals surface area contributed by atoms with Crippen LogP contribution in [0.5, 0.6) is 0 Å². The number of alkyl halides is 1. The molecule has 0 N–H and O–H groups in total. The molecular formula is C34H34ClO9P. The van der Waals surface area contributed by atoms with Crippen molar-refractivity contribution in [2.75, 3.05) is 0 Å². The number of ether oxygens (including phenoxy) is 2. The second-order valence-electron chi connectivity index (χ2n) is 11.0. The standard InChI is InChI=1S/C34H34ClO9P/c1-19-13-21(3)27(22(4)14-19)33(38)45(40,34(39)28-23(5)15-20(2)16-24(28)6)30(32(37)44-18-26-10-8-12-42-26)29(35)31(36)43-17-25-9-7-11-41-25/h7-16,29-30H,17-18H2,1-6H3. The lowest BCUT2D eigenvalue weighted by atomic mass is 10.0. The molecule has 0 aliphatic heterocycles. The van der Waals surface area contributed by atoms with Crippen molar-refractivity contribution in [3.63, 3.8) is 0 Å². The SMILES string of the molecule is Cc1cc(C)c(C(=O)P(=O)(C(=O)c2c(C)cc(C)cc2C)C(C(=O)OCc2ccco2)C(Cl)C(=O)OCc2ccco2)c(C)c1. The van der Waals surface area contributed by atoms with Crippen LogP contribution >= 0.6 is 18.7 Å². The van der Waals surface area contributed by atoms with Crippen LogP contribution in [0.2, 0.25) is 0 Å². The highest BCUT2D eigenvalue weighted by molar-refractivity contribution is 7.96. The second-order valence-corrected chi connectivity index (χ2v) is 14.2. The predicted molar refractivity (Wildman–Crippen MR) is 168 cm³/mol. The fourth-order valence-corrected chi connectivity index (χ4v) is 9.10. The lowest BCUT2D eigenvalue weighted by molar-refractivity contribution is -0.151. The van der Waals surface area contributed by atoms with Crippen molar-refractivity contribution in [1.82, 2.24) is 0 Å². The number of aryl methyl sites for hydroxylation is 6. The topological polar surface area (TPSA) is 130 Å². The number of hydrogen-bond acceptors (Lipinski definition) is 9. The first-order valence-corrected chi connectivity index (χ1v) is 16.3. The number of carbonyl (C=O) groups excluding carboxylic acids is 4. The molecule has 2 aromatic carbocycles. The first-order chi connectivity index (χ1) is 21.2. The third-order valence-electron chi connectivity index (χ3n) is 7.39. The number of furan rings is 2. The Labute approximate surface area is 266 Å². The van der Waals surface area contributed by atoms with Gasteiger partial charge in [-0.1, -0.05) is 35.4 Å². The van der Waals surface area contributed by atoms with Gasteiger partial charge in [0, 0.05) is 11.1 Å². The summed E-state index contributed by atoms with van der Waals surface area (Å²) in [5.74, 6) is -1.98. The van der Waals surface area contributed by atoms with Crippen LogP contribution in [0.3, 0.4) is 0 Å². The van der Waals surface area contributed by atoms with E-state index >= 15 is 4.57 Å². The van der Waals surface area contributed by atoms with E-state index in [0.717, 1.165) is 11.1 Å². The fraction of sp³-hybridized carbons (Fsp3) is 0.294. The Morgan fingerprint density at radius 2 is 1.07 bits per heavy atom. The molecule has 0 aliphatic rings. The van der Waals surface area contributed by atoms with Crippen LogP contribution in [0.25, 0.3) is 0 Å². The van der Waals surface area contributed by atoms with Crippen molar-refractivity contribution < 1.29 is 42.1 Å². The molecule has 0 bridgehead atoms. The lowest BCUT2D eigenvalue weighted by Gasteiger charge is -2.28. The van der Waals surface area contributed by atoms with Gasteiger partial charge in [-0.15, -0.1) is 11.6 Å². The molecule has 2 atom stereocenters. The zero-order valence-electron chi connectivity index (χ0n) is 25.8. The van der Waals surface area contributed by atoms with Crippen LogP contribution in [-0.4, -0.2) is 34.0 Å². The van der Waals surface area contributed by atoms with Crippen LogP contribution in [0.4, 0.5) is 0 Å². The van der Waals surface area contributed by atoms with Gasteiger partial charge in [-0.05, 0) is 88.1 Å². The number of hydrogen-bond donors (Lipinski definition) is 0. The van der Waals surface area contributed by atoms with Crippen molar-refractivity contribution in [1.29, 1.82) is 0 Å². The number of esters is 2. The minimum Gasteiger partial charge on any atom is -0.466 e. The summed E-state index contributed by atoms with van der Waals surface area (Å²) >= 11 is 6.64. The van der Waals surface area contributed by atoms with Gasteiger partial charge in [0.1, 0.15) is 24.7 Å². The molecule has 2 unspecified atom stereocenters. The monoisotopic (exact) mass is 652 g/mol. The highest BCUT2D eigenvalue weighted by Crippen LogP contribution is 2.60. The summed E-state index contributed by atoms with van der Waals surface area (Å²) in [6, 6.07) is 13.1. The molecule has 11 heteroatoms. The van der Waals surface area contributed by atoms with E-state index in [2.05, 4.69) is 0 Å². The van der Waals surface area contributed by atoms with Gasteiger partial charge in [-0.2, -0.15) is 0 Å². The van der Waals surface area contributed by atoms with Crippen molar-refractivity contribution in [2.45, 2.75) is 65.8 Å². The van der Waals surface area contributed by atoms with Gasteiger partial charge >= 0.3 is 11.9 Å². The van der Waals surface area contributed by atoms with Crippen molar-refractivity contribution in [3.8, 4) is 0 Å². The number of halogens is 1. The van der Waals surface area contributed by atoms with E-state index in [0.29, 0.717) is 22.3 Å². The van der Waals surface area contributed by atoms with Crippen molar-refractivity contribution in [2.24, 2.45) is 0 Å². The summed E-state index contributed by atoms with van der Waals surface area (Å²) in [5.41, 5.74) is -1.02. The molecule has 0 saturated heterocycles. The van der Waals surface area contributed by atoms with Crippen LogP contribution < -0.4 is 0 Å². The van der Waals surface area contributed by atoms with E-state index in [1.54, 1.807) is 70.2 Å². The van der Waals surface area contributed by atoms with E-state index in [1.165, 1.54) is 18.6 Å². The van der Waals surface area contributed by atoms with E-state index in [1.807, 2.05) is 13.8 Å². The smallest absolute Gasteiger partial charge is 0.325 e. The highest BCUT2D eigenvalue weighted by atomic mass is 35.5. The molecule has 0 aliphatic carbocycles. The van der Waals surface area contributed by atoms with Crippen molar-refractivity contribution in [3.05, 3.63) is 117 Å². The minimum absolute atomic E-state index is 0.00337. The van der Waals surface area contributed by atoms with Gasteiger partial charge in [0.05, 0.1) is 12.5 Å². The largest absolute Gasteiger partial charge is 0.466 e. The molecule has 45 heavy (non-hydrogen) atoms. The molecule has 0 spiro atoms. The molecule has 4 rings (SSSR count). The molecule has 0 radical (unpaired) electrons. The van der Waals surface area contributed by atoms with Gasteiger partial charge < -0.3 is 22.9 Å². The van der Waals surface area contributed by atoms with Crippen LogP contribution in [0.1, 0.15) is 65.6 Å². The van der Waals surface area contributed by atoms with E-state index in [9.17, 15) is 19.2 Å². The molecule has 0 saturated carbocycles. The maximum atomic E-state index is 15.5. The van der Waals surface area contributed by atoms with Gasteiger partial charge in [-0.25, -0.2) is 0 Å². The number of benzene rings is 2. The summed E-state index contributed by atoms with van der Waals surface area (Å²) in [5, 5.41) is -2.06. The van der Waals surface area contributed by atoms with Crippen LogP contribution in [0, 0.1) is 41.5 Å². The molecule has 2 heterocycles. The lowest BCUT2D eigenvalue weighted by Crippen LogP contribution is -2.42. The third-order valence-corrected chi connectivity index (χ3v) is 10.9. The summed E-state index contributed by atoms with van der Waals surface area (Å²) in [6.07, 6.45) is 2.74. The summed E-state index contributed by atoms with van der Waals surface area (Å²) in [4.78, 5) is 56.6. The Bertz CT molecular complexity index is 1670. The predicted octanol–water partition coefficient (Wildman–Crippen LogP) is 7.53. The van der Waals surface area contributed by atoms with Gasteiger partial charge in [-0.3, -0.25) is 19.2 Å². The molecule has 4 aromatic rings. The number of rotatable bonds is 12. The second kappa shape index (κ2) is 13.8.